The summed E-state index contributed by atoms with van der Waals surface area (Å²) in [5.74, 6) is -0.308. The quantitative estimate of drug-likeness (QED) is 0.500. The van der Waals surface area contributed by atoms with Crippen LogP contribution in [0.4, 0.5) is 5.69 Å². The molecule has 1 atom stereocenters. The molecule has 2 N–H and O–H groups in total. The van der Waals surface area contributed by atoms with Crippen molar-refractivity contribution in [2.75, 3.05) is 4.72 Å². The summed E-state index contributed by atoms with van der Waals surface area (Å²) < 4.78 is 27.5. The Morgan fingerprint density at radius 3 is 2.38 bits per heavy atom. The Bertz CT molecular complexity index is 1240. The second-order valence-electron chi connectivity index (χ2n) is 8.04. The Kier molecular flexibility index (Phi) is 6.53. The van der Waals surface area contributed by atoms with Gasteiger partial charge in [-0.2, -0.15) is 0 Å². The van der Waals surface area contributed by atoms with Gasteiger partial charge >= 0.3 is 0 Å². The molecule has 3 aromatic carbocycles. The first-order chi connectivity index (χ1) is 15.3. The minimum Gasteiger partial charge on any atom is -0.345 e. The third-order valence-electron chi connectivity index (χ3n) is 5.74. The molecular formula is C25H25ClN2O3S. The standard InChI is InChI=1S/C25H25ClN2O3S/c1-17(19-12-11-18-7-5-6-8-20(18)15-19)27-25(29)23-14-13-21(16-24(23)26)28-32(30,31)22-9-3-2-4-10-22/h2-4,9-17,28H,5-8H2,1H3,(H,27,29)/t17-/m0/s1. The van der Waals surface area contributed by atoms with E-state index in [4.69, 9.17) is 11.6 Å². The minimum atomic E-state index is -3.74. The van der Waals surface area contributed by atoms with E-state index in [9.17, 15) is 13.2 Å². The molecule has 0 aliphatic heterocycles. The maximum Gasteiger partial charge on any atom is 0.261 e. The number of anilines is 1. The van der Waals surface area contributed by atoms with Gasteiger partial charge in [-0.05, 0) is 79.6 Å². The highest BCUT2D eigenvalue weighted by molar-refractivity contribution is 7.92. The molecular weight excluding hydrogens is 444 g/mol. The fraction of sp³-hybridized carbons (Fsp3) is 0.240. The number of aryl methyl sites for hydroxylation is 2. The zero-order valence-corrected chi connectivity index (χ0v) is 19.3. The van der Waals surface area contributed by atoms with Crippen LogP contribution in [-0.2, 0) is 22.9 Å². The monoisotopic (exact) mass is 468 g/mol. The number of carbonyl (C=O) groups excluding carboxylic acids is 1. The second kappa shape index (κ2) is 9.35. The van der Waals surface area contributed by atoms with Gasteiger partial charge in [0.15, 0.2) is 0 Å². The van der Waals surface area contributed by atoms with Gasteiger partial charge < -0.3 is 5.32 Å². The van der Waals surface area contributed by atoms with Gasteiger partial charge in [0.25, 0.3) is 15.9 Å². The largest absolute Gasteiger partial charge is 0.345 e. The predicted octanol–water partition coefficient (Wildman–Crippen LogP) is 5.51. The van der Waals surface area contributed by atoms with Crippen LogP contribution in [-0.4, -0.2) is 14.3 Å². The average molecular weight is 469 g/mol. The van der Waals surface area contributed by atoms with Gasteiger partial charge in [-0.25, -0.2) is 8.42 Å². The van der Waals surface area contributed by atoms with E-state index in [2.05, 4.69) is 28.2 Å². The number of hydrogen-bond donors (Lipinski definition) is 2. The lowest BCUT2D eigenvalue weighted by Crippen LogP contribution is -2.27. The molecule has 1 aliphatic carbocycles. The first kappa shape index (κ1) is 22.4. The smallest absolute Gasteiger partial charge is 0.261 e. The van der Waals surface area contributed by atoms with Crippen LogP contribution in [0.1, 0.15) is 52.9 Å². The average Bonchev–Trinajstić information content (AvgIpc) is 2.79. The number of amides is 1. The van der Waals surface area contributed by atoms with E-state index in [1.165, 1.54) is 54.3 Å². The number of rotatable bonds is 6. The van der Waals surface area contributed by atoms with Crippen molar-refractivity contribution in [2.24, 2.45) is 0 Å². The minimum absolute atomic E-state index is 0.150. The van der Waals surface area contributed by atoms with E-state index in [0.29, 0.717) is 5.56 Å². The summed E-state index contributed by atoms with van der Waals surface area (Å²) in [4.78, 5) is 13.0. The number of hydrogen-bond acceptors (Lipinski definition) is 3. The summed E-state index contributed by atoms with van der Waals surface area (Å²) in [7, 11) is -3.74. The van der Waals surface area contributed by atoms with Crippen LogP contribution in [0.25, 0.3) is 0 Å². The van der Waals surface area contributed by atoms with Gasteiger partial charge in [0.1, 0.15) is 0 Å². The highest BCUT2D eigenvalue weighted by atomic mass is 35.5. The van der Waals surface area contributed by atoms with Gasteiger partial charge in [0.2, 0.25) is 0 Å². The van der Waals surface area contributed by atoms with Crippen molar-refractivity contribution < 1.29 is 13.2 Å². The molecule has 0 aromatic heterocycles. The summed E-state index contributed by atoms with van der Waals surface area (Å²) in [6.07, 6.45) is 4.63. The zero-order valence-electron chi connectivity index (χ0n) is 17.8. The van der Waals surface area contributed by atoms with Crippen LogP contribution >= 0.6 is 11.6 Å². The van der Waals surface area contributed by atoms with Crippen LogP contribution in [0, 0.1) is 0 Å². The van der Waals surface area contributed by atoms with E-state index in [1.54, 1.807) is 18.2 Å². The number of sulfonamides is 1. The number of nitrogens with one attached hydrogen (secondary N) is 2. The Morgan fingerprint density at radius 1 is 0.938 bits per heavy atom. The van der Waals surface area contributed by atoms with E-state index in [0.717, 1.165) is 18.4 Å². The third kappa shape index (κ3) is 4.97. The second-order valence-corrected chi connectivity index (χ2v) is 10.1. The van der Waals surface area contributed by atoms with Crippen LogP contribution < -0.4 is 10.0 Å². The van der Waals surface area contributed by atoms with Gasteiger partial charge in [0, 0.05) is 0 Å². The highest BCUT2D eigenvalue weighted by Gasteiger charge is 2.18. The molecule has 5 nitrogen and oxygen atoms in total. The van der Waals surface area contributed by atoms with Gasteiger partial charge in [-0.15, -0.1) is 0 Å². The van der Waals surface area contributed by atoms with Gasteiger partial charge in [-0.3, -0.25) is 9.52 Å². The molecule has 3 aromatic rings. The topological polar surface area (TPSA) is 75.3 Å². The molecule has 4 rings (SSSR count). The first-order valence-corrected chi connectivity index (χ1v) is 12.5. The Morgan fingerprint density at radius 2 is 1.66 bits per heavy atom. The van der Waals surface area contributed by atoms with Crippen LogP contribution in [0.15, 0.2) is 71.6 Å². The normalized spacial score (nSPS) is 14.3. The first-order valence-electron chi connectivity index (χ1n) is 10.6. The van der Waals surface area contributed by atoms with Gasteiger partial charge in [-0.1, -0.05) is 48.0 Å². The highest BCUT2D eigenvalue weighted by Crippen LogP contribution is 2.27. The fourth-order valence-corrected chi connectivity index (χ4v) is 5.29. The van der Waals surface area contributed by atoms with Gasteiger partial charge in [0.05, 0.1) is 27.2 Å². The Balaban J connectivity index is 1.46. The van der Waals surface area contributed by atoms with Crippen LogP contribution in [0.3, 0.4) is 0 Å². The molecule has 7 heteroatoms. The van der Waals surface area contributed by atoms with Crippen molar-refractivity contribution in [1.29, 1.82) is 0 Å². The zero-order chi connectivity index (χ0) is 22.7. The molecule has 0 spiro atoms. The Hall–Kier alpha value is -2.83. The number of halogens is 1. The number of fused-ring (bicyclic) bond motifs is 1. The maximum absolute atomic E-state index is 12.8. The number of benzene rings is 3. The molecule has 1 aliphatic rings. The number of carbonyl (C=O) groups is 1. The van der Waals surface area contributed by atoms with Crippen molar-refractivity contribution in [2.45, 2.75) is 43.5 Å². The maximum atomic E-state index is 12.8. The molecule has 0 fully saturated rings. The van der Waals surface area contributed by atoms with Crippen LogP contribution in [0.5, 0.6) is 0 Å². The molecule has 0 radical (unpaired) electrons. The SMILES string of the molecule is C[C@H](NC(=O)c1ccc(NS(=O)(=O)c2ccccc2)cc1Cl)c1ccc2c(c1)CCCC2. The van der Waals surface area contributed by atoms with E-state index < -0.39 is 10.0 Å². The Labute approximate surface area is 193 Å². The molecule has 0 saturated carbocycles. The van der Waals surface area contributed by atoms with E-state index in [1.807, 2.05) is 6.92 Å². The predicted molar refractivity (Wildman–Crippen MR) is 128 cm³/mol. The summed E-state index contributed by atoms with van der Waals surface area (Å²) in [5.41, 5.74) is 4.40. The molecule has 1 amide bonds. The molecule has 32 heavy (non-hydrogen) atoms. The molecule has 0 bridgehead atoms. The lowest BCUT2D eigenvalue weighted by Gasteiger charge is -2.20. The van der Waals surface area contributed by atoms with E-state index in [-0.39, 0.29) is 27.6 Å². The third-order valence-corrected chi connectivity index (χ3v) is 7.45. The summed E-state index contributed by atoms with van der Waals surface area (Å²) in [5, 5.41) is 3.17. The van der Waals surface area contributed by atoms with E-state index >= 15 is 0 Å². The fourth-order valence-electron chi connectivity index (χ4n) is 3.96. The van der Waals surface area contributed by atoms with Crippen molar-refractivity contribution in [3.05, 3.63) is 94.0 Å². The lowest BCUT2D eigenvalue weighted by molar-refractivity contribution is 0.0940. The van der Waals surface area contributed by atoms with Crippen molar-refractivity contribution in [3.63, 3.8) is 0 Å². The summed E-state index contributed by atoms with van der Waals surface area (Å²) in [6.45, 7) is 1.94. The molecule has 0 heterocycles. The van der Waals surface area contributed by atoms with Crippen molar-refractivity contribution in [3.8, 4) is 0 Å². The summed E-state index contributed by atoms with van der Waals surface area (Å²) >= 11 is 6.33. The van der Waals surface area contributed by atoms with Crippen molar-refractivity contribution >= 4 is 33.2 Å². The molecule has 0 unspecified atom stereocenters. The lowest BCUT2D eigenvalue weighted by atomic mass is 9.89. The molecule has 0 saturated heterocycles. The summed E-state index contributed by atoms with van der Waals surface area (Å²) in [6, 6.07) is 18.8. The van der Waals surface area contributed by atoms with Crippen LogP contribution in [0.2, 0.25) is 5.02 Å². The van der Waals surface area contributed by atoms with Crippen molar-refractivity contribution in [1.82, 2.24) is 5.32 Å². The molecule has 166 valence electrons.